The van der Waals surface area contributed by atoms with Crippen LogP contribution in [0.15, 0.2) is 114 Å². The molecule has 5 atom stereocenters. The van der Waals surface area contributed by atoms with Crippen molar-refractivity contribution in [2.24, 2.45) is 5.92 Å². The summed E-state index contributed by atoms with van der Waals surface area (Å²) in [5, 5.41) is 15.1. The second kappa shape index (κ2) is 16.4. The first-order chi connectivity index (χ1) is 22.4. The molecule has 1 aliphatic rings. The SMILES string of the molecule is COC(=O)[C@H](Cc1ccccc1)NC(=O)NCc1ccc([C@@H]2O[C@H](CSc3ccccc3)[C@H](C)[C@H](c3ccc(CO)cc3)O2)cc1. The van der Waals surface area contributed by atoms with E-state index in [2.05, 4.69) is 29.7 Å². The molecule has 4 aromatic rings. The number of thioether (sulfide) groups is 1. The van der Waals surface area contributed by atoms with E-state index in [0.717, 1.165) is 33.6 Å². The summed E-state index contributed by atoms with van der Waals surface area (Å²) >= 11 is 1.76. The monoisotopic (exact) mass is 640 g/mol. The second-order valence-electron chi connectivity index (χ2n) is 11.3. The van der Waals surface area contributed by atoms with Crippen LogP contribution in [0.2, 0.25) is 0 Å². The number of ether oxygens (including phenoxy) is 3. The molecule has 240 valence electrons. The van der Waals surface area contributed by atoms with Gasteiger partial charge in [0.1, 0.15) is 6.04 Å². The second-order valence-corrected chi connectivity index (χ2v) is 12.4. The molecule has 3 N–H and O–H groups in total. The molecule has 0 aliphatic carbocycles. The molecule has 0 radical (unpaired) electrons. The lowest BCUT2D eigenvalue weighted by molar-refractivity contribution is -0.268. The van der Waals surface area contributed by atoms with Crippen LogP contribution in [0.5, 0.6) is 0 Å². The lowest BCUT2D eigenvalue weighted by Gasteiger charge is -2.41. The van der Waals surface area contributed by atoms with Crippen molar-refractivity contribution in [2.45, 2.75) is 55.9 Å². The molecule has 0 bridgehead atoms. The molecule has 5 rings (SSSR count). The average molecular weight is 641 g/mol. The van der Waals surface area contributed by atoms with Crippen molar-refractivity contribution < 1.29 is 28.9 Å². The van der Waals surface area contributed by atoms with E-state index in [1.54, 1.807) is 11.8 Å². The first-order valence-corrected chi connectivity index (χ1v) is 16.4. The average Bonchev–Trinajstić information content (AvgIpc) is 3.11. The Morgan fingerprint density at radius 3 is 2.11 bits per heavy atom. The number of carbonyl (C=O) groups is 2. The molecule has 4 aromatic carbocycles. The highest BCUT2D eigenvalue weighted by Gasteiger charge is 2.38. The molecule has 1 saturated heterocycles. The van der Waals surface area contributed by atoms with Gasteiger partial charge in [-0.1, -0.05) is 104 Å². The maximum atomic E-state index is 12.7. The summed E-state index contributed by atoms with van der Waals surface area (Å²) in [7, 11) is 1.31. The fourth-order valence-corrected chi connectivity index (χ4v) is 6.46. The van der Waals surface area contributed by atoms with Gasteiger partial charge >= 0.3 is 12.0 Å². The molecule has 0 unspecified atom stereocenters. The van der Waals surface area contributed by atoms with Gasteiger partial charge in [0, 0.05) is 35.1 Å². The molecule has 1 heterocycles. The van der Waals surface area contributed by atoms with E-state index < -0.39 is 24.3 Å². The Hall–Kier alpha value is -4.15. The molecule has 9 heteroatoms. The van der Waals surface area contributed by atoms with Gasteiger partial charge in [-0.15, -0.1) is 11.8 Å². The third-order valence-electron chi connectivity index (χ3n) is 8.06. The fraction of sp³-hybridized carbons (Fsp3) is 0.297. The summed E-state index contributed by atoms with van der Waals surface area (Å²) in [6, 6.07) is 34.1. The third kappa shape index (κ3) is 8.98. The van der Waals surface area contributed by atoms with Crippen LogP contribution in [0.4, 0.5) is 4.79 Å². The van der Waals surface area contributed by atoms with Gasteiger partial charge in [-0.2, -0.15) is 0 Å². The fourth-order valence-electron chi connectivity index (χ4n) is 5.37. The third-order valence-corrected chi connectivity index (χ3v) is 9.16. The van der Waals surface area contributed by atoms with Crippen molar-refractivity contribution in [1.82, 2.24) is 10.6 Å². The molecule has 0 saturated carbocycles. The summed E-state index contributed by atoms with van der Waals surface area (Å²) < 4.78 is 18.0. The van der Waals surface area contributed by atoms with Crippen LogP contribution >= 0.6 is 11.8 Å². The predicted molar refractivity (Wildman–Crippen MR) is 178 cm³/mol. The van der Waals surface area contributed by atoms with Crippen molar-refractivity contribution in [2.75, 3.05) is 12.9 Å². The van der Waals surface area contributed by atoms with Gasteiger partial charge in [0.25, 0.3) is 0 Å². The van der Waals surface area contributed by atoms with Crippen LogP contribution in [-0.2, 0) is 38.6 Å². The van der Waals surface area contributed by atoms with Crippen LogP contribution in [0.3, 0.4) is 0 Å². The summed E-state index contributed by atoms with van der Waals surface area (Å²) in [4.78, 5) is 26.2. The number of hydrogen-bond donors (Lipinski definition) is 3. The minimum Gasteiger partial charge on any atom is -0.467 e. The minimum atomic E-state index is -0.807. The molecule has 46 heavy (non-hydrogen) atoms. The van der Waals surface area contributed by atoms with Crippen molar-refractivity contribution >= 4 is 23.8 Å². The number of esters is 1. The topological polar surface area (TPSA) is 106 Å². The van der Waals surface area contributed by atoms with Crippen molar-refractivity contribution in [1.29, 1.82) is 0 Å². The number of aliphatic hydroxyl groups excluding tert-OH is 1. The predicted octanol–water partition coefficient (Wildman–Crippen LogP) is 6.35. The maximum absolute atomic E-state index is 12.7. The van der Waals surface area contributed by atoms with E-state index >= 15 is 0 Å². The van der Waals surface area contributed by atoms with E-state index in [-0.39, 0.29) is 31.3 Å². The number of benzene rings is 4. The zero-order chi connectivity index (χ0) is 32.3. The first-order valence-electron chi connectivity index (χ1n) is 15.4. The Morgan fingerprint density at radius 1 is 0.826 bits per heavy atom. The number of carbonyl (C=O) groups excluding carboxylic acids is 2. The minimum absolute atomic E-state index is 0.00809. The maximum Gasteiger partial charge on any atom is 0.328 e. The van der Waals surface area contributed by atoms with Crippen molar-refractivity contribution in [3.05, 3.63) is 137 Å². The normalized spacial score (nSPS) is 20.0. The van der Waals surface area contributed by atoms with Crippen molar-refractivity contribution in [3.63, 3.8) is 0 Å². The van der Waals surface area contributed by atoms with Gasteiger partial charge < -0.3 is 30.0 Å². The van der Waals surface area contributed by atoms with E-state index in [1.165, 1.54) is 12.0 Å². The van der Waals surface area contributed by atoms with Gasteiger partial charge in [-0.25, -0.2) is 9.59 Å². The van der Waals surface area contributed by atoms with Crippen molar-refractivity contribution in [3.8, 4) is 0 Å². The number of nitrogens with one attached hydrogen (secondary N) is 2. The highest BCUT2D eigenvalue weighted by Crippen LogP contribution is 2.43. The Labute approximate surface area is 274 Å². The largest absolute Gasteiger partial charge is 0.467 e. The van der Waals surface area contributed by atoms with Crippen LogP contribution in [-0.4, -0.2) is 42.1 Å². The number of aliphatic hydroxyl groups is 1. The van der Waals surface area contributed by atoms with Gasteiger partial charge in [-0.05, 0) is 34.4 Å². The van der Waals surface area contributed by atoms with Crippen LogP contribution in [0.25, 0.3) is 0 Å². The zero-order valence-electron chi connectivity index (χ0n) is 26.0. The van der Waals surface area contributed by atoms with Crippen LogP contribution in [0, 0.1) is 5.92 Å². The Balaban J connectivity index is 1.23. The molecule has 2 amide bonds. The number of rotatable bonds is 12. The molecule has 1 fully saturated rings. The lowest BCUT2D eigenvalue weighted by Crippen LogP contribution is -2.47. The highest BCUT2D eigenvalue weighted by atomic mass is 32.2. The summed E-state index contributed by atoms with van der Waals surface area (Å²) in [5.74, 6) is 0.350. The number of hydrogen-bond acceptors (Lipinski definition) is 7. The molecule has 1 aliphatic heterocycles. The first kappa shape index (κ1) is 33.2. The van der Waals surface area contributed by atoms with E-state index in [4.69, 9.17) is 14.2 Å². The smallest absolute Gasteiger partial charge is 0.328 e. The van der Waals surface area contributed by atoms with Gasteiger partial charge in [0.05, 0.1) is 25.9 Å². The Morgan fingerprint density at radius 2 is 1.46 bits per heavy atom. The Kier molecular flexibility index (Phi) is 11.9. The number of urea groups is 1. The number of amides is 2. The zero-order valence-corrected chi connectivity index (χ0v) is 26.8. The van der Waals surface area contributed by atoms with Crippen LogP contribution < -0.4 is 10.6 Å². The Bertz CT molecular complexity index is 1540. The van der Waals surface area contributed by atoms with E-state index in [0.29, 0.717) is 6.42 Å². The quantitative estimate of drug-likeness (QED) is 0.123. The number of methoxy groups -OCH3 is 1. The molecular weight excluding hydrogens is 600 g/mol. The van der Waals surface area contributed by atoms with Crippen LogP contribution in [0.1, 0.15) is 47.1 Å². The molecular formula is C37H40N2O6S. The summed E-state index contributed by atoms with van der Waals surface area (Å²) in [6.07, 6.45) is -0.525. The van der Waals surface area contributed by atoms with E-state index in [9.17, 15) is 14.7 Å². The van der Waals surface area contributed by atoms with Gasteiger partial charge in [-0.3, -0.25) is 0 Å². The lowest BCUT2D eigenvalue weighted by atomic mass is 9.91. The van der Waals surface area contributed by atoms with E-state index in [1.807, 2.05) is 97.1 Å². The standard InChI is InChI=1S/C37H40N2O6S/c1-25-33(24-46-31-11-7-4-8-12-31)44-36(45-34(25)29-17-15-28(23-40)16-18-29)30-19-13-27(14-20-30)22-38-37(42)39-32(35(41)43-2)21-26-9-5-3-6-10-26/h3-20,25,32-34,36,40H,21-24H2,1-2H3,(H2,38,39,42)/t25-,32-,33+,34+,36+/m0/s1. The highest BCUT2D eigenvalue weighted by molar-refractivity contribution is 7.99. The molecule has 8 nitrogen and oxygen atoms in total. The summed E-state index contributed by atoms with van der Waals surface area (Å²) in [6.45, 7) is 2.41. The molecule has 0 aromatic heterocycles. The van der Waals surface area contributed by atoms with Gasteiger partial charge in [0.15, 0.2) is 6.29 Å². The molecule has 0 spiro atoms. The summed E-state index contributed by atoms with van der Waals surface area (Å²) in [5.41, 5.74) is 4.57. The van der Waals surface area contributed by atoms with Gasteiger partial charge in [0.2, 0.25) is 0 Å².